The zero-order chi connectivity index (χ0) is 20.3. The number of hydrogen-bond acceptors (Lipinski definition) is 5. The topological polar surface area (TPSA) is 78.0 Å². The van der Waals surface area contributed by atoms with Crippen LogP contribution in [-0.2, 0) is 19.6 Å². The molecule has 2 amide bonds. The number of likely N-dealkylation sites (tertiary alicyclic amines) is 2. The lowest BCUT2D eigenvalue weighted by atomic mass is 9.87. The van der Waals surface area contributed by atoms with Crippen LogP contribution >= 0.6 is 0 Å². The first-order chi connectivity index (χ1) is 12.3. The highest BCUT2D eigenvalue weighted by atomic mass is 32.2. The molecule has 3 aliphatic heterocycles. The lowest BCUT2D eigenvalue weighted by Gasteiger charge is -2.44. The molecule has 0 aromatic carbocycles. The second-order valence-electron chi connectivity index (χ2n) is 10.00. The van der Waals surface area contributed by atoms with Crippen LogP contribution in [-0.4, -0.2) is 78.9 Å². The summed E-state index contributed by atoms with van der Waals surface area (Å²) in [4.78, 5) is 30.1. The molecule has 0 radical (unpaired) electrons. The fourth-order valence-electron chi connectivity index (χ4n) is 5.05. The summed E-state index contributed by atoms with van der Waals surface area (Å²) in [6.45, 7) is 13.4. The molecular weight excluding hydrogens is 366 g/mol. The third-order valence-electron chi connectivity index (χ3n) is 5.95. The Kier molecular flexibility index (Phi) is 5.13. The van der Waals surface area contributed by atoms with Crippen LogP contribution in [0.2, 0.25) is 0 Å². The highest BCUT2D eigenvalue weighted by Gasteiger charge is 2.59. The fourth-order valence-corrected chi connectivity index (χ4v) is 6.22. The van der Waals surface area contributed by atoms with Gasteiger partial charge in [0.1, 0.15) is 0 Å². The Labute approximate surface area is 163 Å². The molecule has 7 nitrogen and oxygen atoms in total. The van der Waals surface area contributed by atoms with Gasteiger partial charge in [0.2, 0.25) is 21.8 Å². The van der Waals surface area contributed by atoms with Gasteiger partial charge in [-0.1, -0.05) is 34.6 Å². The molecule has 8 heteroatoms. The summed E-state index contributed by atoms with van der Waals surface area (Å²) >= 11 is 0. The van der Waals surface area contributed by atoms with E-state index in [1.54, 1.807) is 0 Å². The average Bonchev–Trinajstić information content (AvgIpc) is 2.95. The molecule has 3 atom stereocenters. The molecule has 0 aromatic heterocycles. The number of fused-ring (bicyclic) bond motifs is 1. The van der Waals surface area contributed by atoms with Crippen LogP contribution in [0.5, 0.6) is 0 Å². The molecule has 3 rings (SSSR count). The van der Waals surface area contributed by atoms with Crippen molar-refractivity contribution in [3.05, 3.63) is 0 Å². The molecule has 27 heavy (non-hydrogen) atoms. The fraction of sp³-hybridized carbons (Fsp3) is 0.895. The third kappa shape index (κ3) is 3.75. The summed E-state index contributed by atoms with van der Waals surface area (Å²) in [5.74, 6) is -0.753. The molecule has 0 aliphatic carbocycles. The summed E-state index contributed by atoms with van der Waals surface area (Å²) < 4.78 is 25.5. The van der Waals surface area contributed by atoms with E-state index in [1.807, 2.05) is 18.7 Å². The Morgan fingerprint density at radius 1 is 1.22 bits per heavy atom. The van der Waals surface area contributed by atoms with E-state index in [4.69, 9.17) is 0 Å². The van der Waals surface area contributed by atoms with Gasteiger partial charge in [-0.3, -0.25) is 9.59 Å². The summed E-state index contributed by atoms with van der Waals surface area (Å²) in [5, 5.41) is 0. The van der Waals surface area contributed by atoms with Gasteiger partial charge in [-0.15, -0.1) is 0 Å². The normalized spacial score (nSPS) is 30.2. The van der Waals surface area contributed by atoms with Crippen LogP contribution in [0.3, 0.4) is 0 Å². The van der Waals surface area contributed by atoms with Gasteiger partial charge in [0, 0.05) is 26.2 Å². The van der Waals surface area contributed by atoms with Crippen molar-refractivity contribution in [2.75, 3.05) is 32.4 Å². The molecule has 0 spiro atoms. The predicted octanol–water partition coefficient (Wildman–Crippen LogP) is 1.01. The van der Waals surface area contributed by atoms with Crippen LogP contribution < -0.4 is 0 Å². The van der Waals surface area contributed by atoms with Gasteiger partial charge >= 0.3 is 0 Å². The van der Waals surface area contributed by atoms with Crippen LogP contribution in [0.1, 0.15) is 41.0 Å². The lowest BCUT2D eigenvalue weighted by Crippen LogP contribution is -2.57. The molecule has 3 heterocycles. The van der Waals surface area contributed by atoms with Gasteiger partial charge < -0.3 is 9.80 Å². The first kappa shape index (κ1) is 20.6. The number of rotatable bonds is 4. The van der Waals surface area contributed by atoms with Crippen molar-refractivity contribution in [3.8, 4) is 0 Å². The maximum atomic E-state index is 13.1. The molecular formula is C19H33N3O4S. The molecule has 0 aromatic rings. The molecule has 154 valence electrons. The zero-order valence-corrected chi connectivity index (χ0v) is 18.1. The van der Waals surface area contributed by atoms with Crippen molar-refractivity contribution in [3.63, 3.8) is 0 Å². The number of sulfonamides is 1. The van der Waals surface area contributed by atoms with Crippen molar-refractivity contribution in [2.24, 2.45) is 23.2 Å². The Hall–Kier alpha value is -1.15. The smallest absolute Gasteiger partial charge is 0.241 e. The maximum absolute atomic E-state index is 13.1. The Balaban J connectivity index is 1.75. The second-order valence-corrected chi connectivity index (χ2v) is 11.9. The van der Waals surface area contributed by atoms with Crippen LogP contribution in [0.25, 0.3) is 0 Å². The molecule has 3 fully saturated rings. The van der Waals surface area contributed by atoms with E-state index in [2.05, 4.69) is 25.7 Å². The minimum Gasteiger partial charge on any atom is -0.336 e. The minimum absolute atomic E-state index is 0.0103. The maximum Gasteiger partial charge on any atom is 0.241 e. The molecule has 0 saturated carbocycles. The van der Waals surface area contributed by atoms with Crippen molar-refractivity contribution in [2.45, 2.75) is 53.1 Å². The Morgan fingerprint density at radius 3 is 2.30 bits per heavy atom. The number of hydrogen-bond donors (Lipinski definition) is 0. The van der Waals surface area contributed by atoms with Crippen molar-refractivity contribution < 1.29 is 18.0 Å². The van der Waals surface area contributed by atoms with E-state index < -0.39 is 22.0 Å². The van der Waals surface area contributed by atoms with E-state index in [-0.39, 0.29) is 35.1 Å². The predicted molar refractivity (Wildman–Crippen MR) is 103 cm³/mol. The second kappa shape index (κ2) is 6.72. The first-order valence-electron chi connectivity index (χ1n) is 9.87. The number of carbonyl (C=O) groups is 2. The van der Waals surface area contributed by atoms with Crippen molar-refractivity contribution in [1.29, 1.82) is 0 Å². The van der Waals surface area contributed by atoms with Crippen molar-refractivity contribution in [1.82, 2.24) is 14.1 Å². The number of nitrogens with zero attached hydrogens (tertiary/aromatic N) is 3. The van der Waals surface area contributed by atoms with Crippen LogP contribution in [0, 0.1) is 23.2 Å². The third-order valence-corrected chi connectivity index (χ3v) is 7.12. The SMILES string of the molecule is CC(C)[C@H]1C(=O)N(S(C)(=O)=O)[C@H]2CCN(C(=O)C3CN(CC(C)(C)C)C3)[C@H]12. The van der Waals surface area contributed by atoms with E-state index in [0.29, 0.717) is 13.0 Å². The van der Waals surface area contributed by atoms with Gasteiger partial charge in [0.05, 0.1) is 30.2 Å². The molecule has 0 bridgehead atoms. The van der Waals surface area contributed by atoms with Gasteiger partial charge in [-0.25, -0.2) is 12.7 Å². The van der Waals surface area contributed by atoms with Crippen molar-refractivity contribution >= 4 is 21.8 Å². The quantitative estimate of drug-likeness (QED) is 0.705. The standard InChI is InChI=1S/C19H33N3O4S/c1-12(2)15-16-14(22(18(15)24)27(6,25)26)7-8-21(16)17(23)13-9-20(10-13)11-19(3,4)5/h12-16H,7-11H2,1-6H3/t14-,15+,16-/m0/s1. The number of carbonyl (C=O) groups excluding carboxylic acids is 2. The molecule has 3 aliphatic rings. The van der Waals surface area contributed by atoms with Gasteiger partial charge in [0.15, 0.2) is 0 Å². The minimum atomic E-state index is -3.62. The van der Waals surface area contributed by atoms with Crippen LogP contribution in [0.4, 0.5) is 0 Å². The van der Waals surface area contributed by atoms with Gasteiger partial charge in [0.25, 0.3) is 0 Å². The first-order valence-corrected chi connectivity index (χ1v) is 11.7. The Morgan fingerprint density at radius 2 is 1.81 bits per heavy atom. The summed E-state index contributed by atoms with van der Waals surface area (Å²) in [7, 11) is -3.62. The highest BCUT2D eigenvalue weighted by molar-refractivity contribution is 7.88. The summed E-state index contributed by atoms with van der Waals surface area (Å²) in [6, 6.07) is -0.731. The van der Waals surface area contributed by atoms with Gasteiger partial charge in [-0.05, 0) is 17.8 Å². The van der Waals surface area contributed by atoms with E-state index in [9.17, 15) is 18.0 Å². The van der Waals surface area contributed by atoms with Gasteiger partial charge in [-0.2, -0.15) is 0 Å². The molecule has 0 N–H and O–H groups in total. The monoisotopic (exact) mass is 399 g/mol. The summed E-state index contributed by atoms with van der Waals surface area (Å²) in [6.07, 6.45) is 1.63. The van der Waals surface area contributed by atoms with E-state index in [0.717, 1.165) is 30.2 Å². The lowest BCUT2D eigenvalue weighted by molar-refractivity contribution is -0.144. The molecule has 3 saturated heterocycles. The highest BCUT2D eigenvalue weighted by Crippen LogP contribution is 2.42. The average molecular weight is 400 g/mol. The summed E-state index contributed by atoms with van der Waals surface area (Å²) in [5.41, 5.74) is 0.198. The molecule has 0 unspecified atom stereocenters. The van der Waals surface area contributed by atoms with Crippen LogP contribution in [0.15, 0.2) is 0 Å². The zero-order valence-electron chi connectivity index (χ0n) is 17.3. The van der Waals surface area contributed by atoms with E-state index >= 15 is 0 Å². The Bertz CT molecular complexity index is 722. The number of amides is 2. The largest absolute Gasteiger partial charge is 0.336 e. The van der Waals surface area contributed by atoms with E-state index in [1.165, 1.54) is 0 Å².